The van der Waals surface area contributed by atoms with Gasteiger partial charge >= 0.3 is 0 Å². The van der Waals surface area contributed by atoms with E-state index in [1.165, 1.54) is 6.07 Å². The Bertz CT molecular complexity index is 370. The quantitative estimate of drug-likeness (QED) is 0.331. The molecule has 1 aromatic rings. The van der Waals surface area contributed by atoms with Crippen LogP contribution in [0.4, 0.5) is 17.6 Å². The van der Waals surface area contributed by atoms with Crippen LogP contribution in [0.3, 0.4) is 0 Å². The molecule has 0 fully saturated rings. The highest BCUT2D eigenvalue weighted by atomic mass is 19.3. The van der Waals surface area contributed by atoms with Crippen LogP contribution in [-0.4, -0.2) is 25.7 Å². The van der Waals surface area contributed by atoms with Crippen LogP contribution in [0, 0.1) is 11.6 Å². The van der Waals surface area contributed by atoms with Crippen LogP contribution in [0.1, 0.15) is 12.0 Å². The lowest BCUT2D eigenvalue weighted by molar-refractivity contribution is 0.0144. The van der Waals surface area contributed by atoms with Gasteiger partial charge in [0.1, 0.15) is 18.2 Å². The molecule has 0 radical (unpaired) electrons. The number of halogens is 4. The van der Waals surface area contributed by atoms with Crippen molar-refractivity contribution in [3.63, 3.8) is 0 Å². The Hall–Kier alpha value is -1.18. The summed E-state index contributed by atoms with van der Waals surface area (Å²) in [6, 6.07) is 3.12. The van der Waals surface area contributed by atoms with Crippen molar-refractivity contribution in [1.82, 2.24) is 5.43 Å². The predicted octanol–water partition coefficient (Wildman–Crippen LogP) is 2.01. The number of benzene rings is 1. The number of hydrogen-bond acceptors (Lipinski definition) is 3. The highest BCUT2D eigenvalue weighted by Gasteiger charge is 2.15. The van der Waals surface area contributed by atoms with E-state index in [1.807, 2.05) is 0 Å². The standard InChI is InChI=1S/C12H16F4N2O/c13-10-2-1-3-11(14)9(10)6-8(18-17)4-5-19-7-12(15)16/h1-3,8,12,18H,4-7,17H2. The molecule has 0 saturated heterocycles. The first kappa shape index (κ1) is 15.9. The molecule has 0 saturated carbocycles. The first-order valence-corrected chi connectivity index (χ1v) is 5.79. The second kappa shape index (κ2) is 8.08. The summed E-state index contributed by atoms with van der Waals surface area (Å²) in [5.74, 6) is 3.95. The Balaban J connectivity index is 2.48. The van der Waals surface area contributed by atoms with Gasteiger partial charge in [0.15, 0.2) is 0 Å². The number of nitrogens with two attached hydrogens (primary N) is 1. The second-order valence-corrected chi connectivity index (χ2v) is 4.02. The zero-order chi connectivity index (χ0) is 14.3. The van der Waals surface area contributed by atoms with Crippen LogP contribution < -0.4 is 11.3 Å². The summed E-state index contributed by atoms with van der Waals surface area (Å²) in [4.78, 5) is 0. The molecular formula is C12H16F4N2O. The van der Waals surface area contributed by atoms with Crippen molar-refractivity contribution in [3.8, 4) is 0 Å². The number of ether oxygens (including phenoxy) is 1. The molecule has 3 nitrogen and oxygen atoms in total. The molecule has 0 aromatic heterocycles. The van der Waals surface area contributed by atoms with Crippen molar-refractivity contribution in [2.45, 2.75) is 25.3 Å². The minimum absolute atomic E-state index is 0.0209. The molecule has 0 aliphatic rings. The molecule has 7 heteroatoms. The Kier molecular flexibility index (Phi) is 6.75. The third-order valence-electron chi connectivity index (χ3n) is 2.60. The normalized spacial score (nSPS) is 12.9. The maximum atomic E-state index is 13.4. The van der Waals surface area contributed by atoms with Crippen LogP contribution in [0.25, 0.3) is 0 Å². The summed E-state index contributed by atoms with van der Waals surface area (Å²) < 4.78 is 55.2. The van der Waals surface area contributed by atoms with E-state index in [2.05, 4.69) is 5.43 Å². The molecule has 0 bridgehead atoms. The fourth-order valence-corrected chi connectivity index (χ4v) is 1.62. The van der Waals surface area contributed by atoms with Gasteiger partial charge < -0.3 is 4.74 Å². The van der Waals surface area contributed by atoms with Gasteiger partial charge in [0.25, 0.3) is 6.43 Å². The van der Waals surface area contributed by atoms with Gasteiger partial charge in [-0.05, 0) is 25.0 Å². The number of nitrogens with one attached hydrogen (secondary N) is 1. The molecule has 0 spiro atoms. The van der Waals surface area contributed by atoms with Crippen molar-refractivity contribution < 1.29 is 22.3 Å². The Morgan fingerprint density at radius 1 is 1.21 bits per heavy atom. The summed E-state index contributed by atoms with van der Waals surface area (Å²) in [7, 11) is 0. The zero-order valence-electron chi connectivity index (χ0n) is 10.2. The lowest BCUT2D eigenvalue weighted by Crippen LogP contribution is -2.38. The van der Waals surface area contributed by atoms with Crippen LogP contribution in [0.15, 0.2) is 18.2 Å². The highest BCUT2D eigenvalue weighted by molar-refractivity contribution is 5.20. The first-order valence-electron chi connectivity index (χ1n) is 5.79. The highest BCUT2D eigenvalue weighted by Crippen LogP contribution is 2.15. The Labute approximate surface area is 108 Å². The van der Waals surface area contributed by atoms with Crippen molar-refractivity contribution in [2.24, 2.45) is 5.84 Å². The van der Waals surface area contributed by atoms with E-state index in [0.29, 0.717) is 0 Å². The first-order chi connectivity index (χ1) is 9.04. The molecule has 0 heterocycles. The molecule has 0 amide bonds. The van der Waals surface area contributed by atoms with Gasteiger partial charge in [-0.1, -0.05) is 6.07 Å². The largest absolute Gasteiger partial charge is 0.375 e. The molecule has 1 rings (SSSR count). The molecule has 0 aliphatic heterocycles. The molecular weight excluding hydrogens is 264 g/mol. The SMILES string of the molecule is NNC(CCOCC(F)F)Cc1c(F)cccc1F. The van der Waals surface area contributed by atoms with Crippen molar-refractivity contribution in [3.05, 3.63) is 35.4 Å². The molecule has 0 aliphatic carbocycles. The maximum absolute atomic E-state index is 13.4. The zero-order valence-corrected chi connectivity index (χ0v) is 10.2. The Morgan fingerprint density at radius 2 is 1.84 bits per heavy atom. The van der Waals surface area contributed by atoms with Gasteiger partial charge in [-0.3, -0.25) is 11.3 Å². The molecule has 19 heavy (non-hydrogen) atoms. The van der Waals surface area contributed by atoms with Crippen LogP contribution in [-0.2, 0) is 11.2 Å². The topological polar surface area (TPSA) is 47.3 Å². The molecule has 1 atom stereocenters. The van der Waals surface area contributed by atoms with Crippen molar-refractivity contribution in [1.29, 1.82) is 0 Å². The summed E-state index contributed by atoms with van der Waals surface area (Å²) in [6.45, 7) is -0.624. The van der Waals surface area contributed by atoms with Gasteiger partial charge in [0.2, 0.25) is 0 Å². The summed E-state index contributed by atoms with van der Waals surface area (Å²) in [6.07, 6.45) is -2.24. The van der Waals surface area contributed by atoms with Gasteiger partial charge in [-0.15, -0.1) is 0 Å². The monoisotopic (exact) mass is 280 g/mol. The number of alkyl halides is 2. The van der Waals surface area contributed by atoms with E-state index in [0.717, 1.165) is 12.1 Å². The predicted molar refractivity (Wildman–Crippen MR) is 62.6 cm³/mol. The smallest absolute Gasteiger partial charge is 0.261 e. The molecule has 1 unspecified atom stereocenters. The molecule has 3 N–H and O–H groups in total. The average Bonchev–Trinajstić information content (AvgIpc) is 2.36. The number of hydrogen-bond donors (Lipinski definition) is 2. The summed E-state index contributed by atoms with van der Waals surface area (Å²) in [5, 5.41) is 0. The van der Waals surface area contributed by atoms with Gasteiger partial charge in [0.05, 0.1) is 0 Å². The minimum atomic E-state index is -2.53. The van der Waals surface area contributed by atoms with E-state index in [4.69, 9.17) is 10.6 Å². The van der Waals surface area contributed by atoms with Crippen LogP contribution >= 0.6 is 0 Å². The molecule has 1 aromatic carbocycles. The summed E-state index contributed by atoms with van der Waals surface area (Å²) in [5.41, 5.74) is 2.31. The second-order valence-electron chi connectivity index (χ2n) is 4.02. The third-order valence-corrected chi connectivity index (χ3v) is 2.60. The minimum Gasteiger partial charge on any atom is -0.375 e. The average molecular weight is 280 g/mol. The fraction of sp³-hybridized carbons (Fsp3) is 0.500. The van der Waals surface area contributed by atoms with Crippen LogP contribution in [0.5, 0.6) is 0 Å². The molecule has 108 valence electrons. The third kappa shape index (κ3) is 5.54. The van der Waals surface area contributed by atoms with Crippen LogP contribution in [0.2, 0.25) is 0 Å². The number of rotatable bonds is 8. The van der Waals surface area contributed by atoms with Crippen molar-refractivity contribution in [2.75, 3.05) is 13.2 Å². The van der Waals surface area contributed by atoms with Gasteiger partial charge in [-0.25, -0.2) is 17.6 Å². The van der Waals surface area contributed by atoms with E-state index < -0.39 is 30.7 Å². The summed E-state index contributed by atoms with van der Waals surface area (Å²) >= 11 is 0. The van der Waals surface area contributed by atoms with Gasteiger partial charge in [-0.2, -0.15) is 0 Å². The lowest BCUT2D eigenvalue weighted by Gasteiger charge is -2.16. The van der Waals surface area contributed by atoms with E-state index in [1.54, 1.807) is 0 Å². The van der Waals surface area contributed by atoms with E-state index >= 15 is 0 Å². The van der Waals surface area contributed by atoms with E-state index in [-0.39, 0.29) is 25.0 Å². The van der Waals surface area contributed by atoms with Gasteiger partial charge in [0, 0.05) is 18.2 Å². The maximum Gasteiger partial charge on any atom is 0.261 e. The van der Waals surface area contributed by atoms with Crippen molar-refractivity contribution >= 4 is 0 Å². The lowest BCUT2D eigenvalue weighted by atomic mass is 10.0. The van der Waals surface area contributed by atoms with E-state index in [9.17, 15) is 17.6 Å². The fourth-order valence-electron chi connectivity index (χ4n) is 1.62. The number of hydrazine groups is 1. The Morgan fingerprint density at radius 3 is 2.37 bits per heavy atom.